The van der Waals surface area contributed by atoms with Gasteiger partial charge in [-0.1, -0.05) is 32.6 Å². The van der Waals surface area contributed by atoms with Gasteiger partial charge < -0.3 is 11.1 Å². The van der Waals surface area contributed by atoms with E-state index >= 15 is 0 Å². The van der Waals surface area contributed by atoms with Gasteiger partial charge in [0.25, 0.3) is 0 Å². The minimum atomic E-state index is -0.173. The standard InChI is InChI=1S/C11H22N2O/c1-2-13-11(9-10(12)14)7-5-3-4-6-8-11/h13H,2-9H2,1H3,(H2,12,14). The van der Waals surface area contributed by atoms with E-state index in [9.17, 15) is 4.79 Å². The van der Waals surface area contributed by atoms with E-state index in [2.05, 4.69) is 12.2 Å². The lowest BCUT2D eigenvalue weighted by atomic mass is 9.86. The van der Waals surface area contributed by atoms with Crippen molar-refractivity contribution in [2.45, 2.75) is 57.4 Å². The Labute approximate surface area is 86.4 Å². The second-order valence-electron chi connectivity index (χ2n) is 4.37. The van der Waals surface area contributed by atoms with Crippen molar-refractivity contribution in [3.05, 3.63) is 0 Å². The van der Waals surface area contributed by atoms with E-state index in [1.165, 1.54) is 25.7 Å². The molecule has 3 nitrogen and oxygen atoms in total. The maximum Gasteiger partial charge on any atom is 0.219 e. The number of hydrogen-bond acceptors (Lipinski definition) is 2. The van der Waals surface area contributed by atoms with Gasteiger partial charge >= 0.3 is 0 Å². The van der Waals surface area contributed by atoms with Gasteiger partial charge in [0, 0.05) is 12.0 Å². The molecule has 0 unspecified atom stereocenters. The van der Waals surface area contributed by atoms with Crippen molar-refractivity contribution in [2.75, 3.05) is 6.54 Å². The highest BCUT2D eigenvalue weighted by molar-refractivity contribution is 5.75. The molecule has 3 N–H and O–H groups in total. The number of carbonyl (C=O) groups is 1. The van der Waals surface area contributed by atoms with Gasteiger partial charge in [0.2, 0.25) is 5.91 Å². The quantitative estimate of drug-likeness (QED) is 0.674. The van der Waals surface area contributed by atoms with Gasteiger partial charge in [0.05, 0.1) is 0 Å². The Morgan fingerprint density at radius 2 is 1.86 bits per heavy atom. The minimum Gasteiger partial charge on any atom is -0.370 e. The van der Waals surface area contributed by atoms with Crippen LogP contribution in [0.2, 0.25) is 0 Å². The fourth-order valence-corrected chi connectivity index (χ4v) is 2.53. The van der Waals surface area contributed by atoms with Crippen LogP contribution in [0.1, 0.15) is 51.9 Å². The number of hydrogen-bond donors (Lipinski definition) is 2. The van der Waals surface area contributed by atoms with Gasteiger partial charge in [0.1, 0.15) is 0 Å². The molecule has 1 aliphatic rings. The van der Waals surface area contributed by atoms with Crippen molar-refractivity contribution < 1.29 is 4.79 Å². The normalized spacial score (nSPS) is 21.5. The molecule has 0 saturated heterocycles. The summed E-state index contributed by atoms with van der Waals surface area (Å²) >= 11 is 0. The third kappa shape index (κ3) is 3.29. The van der Waals surface area contributed by atoms with Crippen LogP contribution in [0.15, 0.2) is 0 Å². The number of carbonyl (C=O) groups excluding carboxylic acids is 1. The molecule has 1 fully saturated rings. The molecular weight excluding hydrogens is 176 g/mol. The van der Waals surface area contributed by atoms with Crippen LogP contribution in [0.5, 0.6) is 0 Å². The van der Waals surface area contributed by atoms with Crippen LogP contribution in [0, 0.1) is 0 Å². The van der Waals surface area contributed by atoms with E-state index in [4.69, 9.17) is 5.73 Å². The van der Waals surface area contributed by atoms with E-state index in [0.717, 1.165) is 19.4 Å². The van der Waals surface area contributed by atoms with E-state index in [0.29, 0.717) is 6.42 Å². The summed E-state index contributed by atoms with van der Waals surface area (Å²) < 4.78 is 0. The average Bonchev–Trinajstić information content (AvgIpc) is 2.30. The Hall–Kier alpha value is -0.570. The maximum atomic E-state index is 11.0. The lowest BCUT2D eigenvalue weighted by molar-refractivity contribution is -0.119. The lowest BCUT2D eigenvalue weighted by Gasteiger charge is -2.32. The number of nitrogens with two attached hydrogens (primary N) is 1. The smallest absolute Gasteiger partial charge is 0.219 e. The topological polar surface area (TPSA) is 55.1 Å². The monoisotopic (exact) mass is 198 g/mol. The summed E-state index contributed by atoms with van der Waals surface area (Å²) in [5, 5.41) is 3.47. The first-order chi connectivity index (χ1) is 6.68. The molecule has 1 amide bonds. The number of amides is 1. The lowest BCUT2D eigenvalue weighted by Crippen LogP contribution is -2.47. The zero-order valence-electron chi connectivity index (χ0n) is 9.14. The van der Waals surface area contributed by atoms with Crippen molar-refractivity contribution in [2.24, 2.45) is 5.73 Å². The molecule has 0 heterocycles. The first kappa shape index (κ1) is 11.5. The fraction of sp³-hybridized carbons (Fsp3) is 0.909. The van der Waals surface area contributed by atoms with Gasteiger partial charge in [-0.3, -0.25) is 4.79 Å². The summed E-state index contributed by atoms with van der Waals surface area (Å²) in [6, 6.07) is 0. The SMILES string of the molecule is CCNC1(CC(N)=O)CCCCCC1. The summed E-state index contributed by atoms with van der Waals surface area (Å²) in [5.74, 6) is -0.173. The summed E-state index contributed by atoms with van der Waals surface area (Å²) in [7, 11) is 0. The highest BCUT2D eigenvalue weighted by atomic mass is 16.1. The zero-order valence-corrected chi connectivity index (χ0v) is 9.14. The van der Waals surface area contributed by atoms with Gasteiger partial charge in [-0.05, 0) is 19.4 Å². The van der Waals surface area contributed by atoms with Crippen molar-refractivity contribution >= 4 is 5.91 Å². The Balaban J connectivity index is 2.61. The summed E-state index contributed by atoms with van der Waals surface area (Å²) in [4.78, 5) is 11.0. The van der Waals surface area contributed by atoms with Crippen molar-refractivity contribution in [3.8, 4) is 0 Å². The van der Waals surface area contributed by atoms with E-state index < -0.39 is 0 Å². The average molecular weight is 198 g/mol. The molecular formula is C11H22N2O. The highest BCUT2D eigenvalue weighted by Gasteiger charge is 2.31. The van der Waals surface area contributed by atoms with Crippen LogP contribution in [-0.2, 0) is 4.79 Å². The fourth-order valence-electron chi connectivity index (χ4n) is 2.53. The van der Waals surface area contributed by atoms with Crippen LogP contribution in [0.4, 0.5) is 0 Å². The molecule has 1 rings (SSSR count). The molecule has 0 aromatic rings. The van der Waals surface area contributed by atoms with E-state index in [-0.39, 0.29) is 11.4 Å². The summed E-state index contributed by atoms with van der Waals surface area (Å²) in [6.07, 6.45) is 7.74. The molecule has 14 heavy (non-hydrogen) atoms. The molecule has 3 heteroatoms. The van der Waals surface area contributed by atoms with Gasteiger partial charge in [-0.2, -0.15) is 0 Å². The molecule has 0 aromatic carbocycles. The summed E-state index contributed by atoms with van der Waals surface area (Å²) in [5.41, 5.74) is 5.32. The molecule has 82 valence electrons. The molecule has 0 spiro atoms. The molecule has 0 aromatic heterocycles. The third-order valence-corrected chi connectivity index (χ3v) is 3.13. The third-order valence-electron chi connectivity index (χ3n) is 3.13. The van der Waals surface area contributed by atoms with Crippen LogP contribution in [-0.4, -0.2) is 18.0 Å². The Morgan fingerprint density at radius 1 is 1.29 bits per heavy atom. The second kappa shape index (κ2) is 5.35. The predicted molar refractivity (Wildman–Crippen MR) is 57.9 cm³/mol. The van der Waals surface area contributed by atoms with Crippen molar-refractivity contribution in [3.63, 3.8) is 0 Å². The van der Waals surface area contributed by atoms with Crippen molar-refractivity contribution in [1.29, 1.82) is 0 Å². The first-order valence-corrected chi connectivity index (χ1v) is 5.72. The Kier molecular flexibility index (Phi) is 4.39. The Bertz CT molecular complexity index is 184. The molecule has 1 saturated carbocycles. The zero-order chi connectivity index (χ0) is 10.4. The van der Waals surface area contributed by atoms with E-state index in [1.807, 2.05) is 0 Å². The van der Waals surface area contributed by atoms with Gasteiger partial charge in [0.15, 0.2) is 0 Å². The van der Waals surface area contributed by atoms with Crippen LogP contribution < -0.4 is 11.1 Å². The molecule has 0 aliphatic heterocycles. The Morgan fingerprint density at radius 3 is 2.29 bits per heavy atom. The number of primary amides is 1. The molecule has 1 aliphatic carbocycles. The van der Waals surface area contributed by atoms with E-state index in [1.54, 1.807) is 0 Å². The van der Waals surface area contributed by atoms with Crippen LogP contribution in [0.3, 0.4) is 0 Å². The van der Waals surface area contributed by atoms with Crippen LogP contribution in [0.25, 0.3) is 0 Å². The highest BCUT2D eigenvalue weighted by Crippen LogP contribution is 2.29. The minimum absolute atomic E-state index is 0.0110. The predicted octanol–water partition coefficient (Wildman–Crippen LogP) is 1.56. The summed E-state index contributed by atoms with van der Waals surface area (Å²) in [6.45, 7) is 3.01. The first-order valence-electron chi connectivity index (χ1n) is 5.72. The van der Waals surface area contributed by atoms with Gasteiger partial charge in [-0.15, -0.1) is 0 Å². The number of nitrogens with one attached hydrogen (secondary N) is 1. The van der Waals surface area contributed by atoms with Gasteiger partial charge in [-0.25, -0.2) is 0 Å². The van der Waals surface area contributed by atoms with Crippen LogP contribution >= 0.6 is 0 Å². The molecule has 0 bridgehead atoms. The second-order valence-corrected chi connectivity index (χ2v) is 4.37. The number of rotatable bonds is 4. The molecule has 0 atom stereocenters. The molecule has 0 radical (unpaired) electrons. The largest absolute Gasteiger partial charge is 0.370 e. The maximum absolute atomic E-state index is 11.0. The van der Waals surface area contributed by atoms with Crippen molar-refractivity contribution in [1.82, 2.24) is 5.32 Å².